The Balaban J connectivity index is 1.39. The highest BCUT2D eigenvalue weighted by Gasteiger charge is 2.46. The van der Waals surface area contributed by atoms with Crippen LogP contribution in [0, 0.1) is 5.41 Å². The molecule has 3 aliphatic rings. The first-order valence-electron chi connectivity index (χ1n) is 13.1. The Morgan fingerprint density at radius 1 is 1.13 bits per heavy atom. The maximum Gasteiger partial charge on any atom is 0.268 e. The minimum Gasteiger partial charge on any atom is -0.395 e. The number of halogens is 2. The Kier molecular flexibility index (Phi) is 7.27. The molecule has 1 aliphatic heterocycles. The molecule has 1 aromatic carbocycles. The summed E-state index contributed by atoms with van der Waals surface area (Å²) in [6.45, 7) is 1.01. The van der Waals surface area contributed by atoms with Crippen LogP contribution in [0.25, 0.3) is 0 Å². The van der Waals surface area contributed by atoms with Gasteiger partial charge in [0.15, 0.2) is 0 Å². The number of aromatic nitrogens is 1. The molecule has 9 nitrogen and oxygen atoms in total. The lowest BCUT2D eigenvalue weighted by atomic mass is 9.93. The van der Waals surface area contributed by atoms with Gasteiger partial charge in [0.05, 0.1) is 34.8 Å². The number of piperidine rings is 1. The molecule has 2 saturated carbocycles. The van der Waals surface area contributed by atoms with E-state index in [2.05, 4.69) is 19.9 Å². The van der Waals surface area contributed by atoms with Crippen LogP contribution in [-0.2, 0) is 10.0 Å². The average molecular weight is 562 g/mol. The van der Waals surface area contributed by atoms with Crippen molar-refractivity contribution in [3.8, 4) is 0 Å². The van der Waals surface area contributed by atoms with Crippen molar-refractivity contribution in [2.75, 3.05) is 52.3 Å². The molecule has 1 aromatic heterocycles. The lowest BCUT2D eigenvalue weighted by Gasteiger charge is -2.35. The zero-order valence-electron chi connectivity index (χ0n) is 21.8. The van der Waals surface area contributed by atoms with Gasteiger partial charge in [0.2, 0.25) is 10.0 Å². The third-order valence-electron chi connectivity index (χ3n) is 8.13. The smallest absolute Gasteiger partial charge is 0.268 e. The summed E-state index contributed by atoms with van der Waals surface area (Å²) in [5, 5.41) is 11.9. The van der Waals surface area contributed by atoms with E-state index in [1.165, 1.54) is 18.9 Å². The summed E-state index contributed by atoms with van der Waals surface area (Å²) in [7, 11) is -2.03. The number of likely N-dealkylation sites (N-methyl/N-ethyl adjacent to an activating group) is 1. The molecule has 3 N–H and O–H groups in total. The zero-order chi connectivity index (χ0) is 27.8. The Bertz CT molecular complexity index is 1380. The Morgan fingerprint density at radius 3 is 2.46 bits per heavy atom. The van der Waals surface area contributed by atoms with E-state index in [-0.39, 0.29) is 5.82 Å². The molecule has 2 aromatic rings. The first-order valence-corrected chi connectivity index (χ1v) is 14.8. The fourth-order valence-corrected chi connectivity index (χ4v) is 6.13. The normalized spacial score (nSPS) is 18.8. The van der Waals surface area contributed by atoms with Crippen LogP contribution in [-0.4, -0.2) is 62.5 Å². The Morgan fingerprint density at radius 2 is 1.85 bits per heavy atom. The summed E-state index contributed by atoms with van der Waals surface area (Å²) < 4.78 is 52.9. The van der Waals surface area contributed by atoms with Gasteiger partial charge < -0.3 is 20.2 Å². The van der Waals surface area contributed by atoms with Crippen molar-refractivity contribution in [3.63, 3.8) is 0 Å². The van der Waals surface area contributed by atoms with E-state index in [4.69, 9.17) is 5.11 Å². The Labute approximate surface area is 227 Å². The van der Waals surface area contributed by atoms with E-state index in [0.29, 0.717) is 41.0 Å². The summed E-state index contributed by atoms with van der Waals surface area (Å²) in [6.07, 6.45) is 4.88. The molecule has 0 radical (unpaired) electrons. The summed E-state index contributed by atoms with van der Waals surface area (Å²) >= 11 is 0. The molecule has 0 bridgehead atoms. The number of aliphatic hydroxyl groups excluding tert-OH is 1. The predicted molar refractivity (Wildman–Crippen MR) is 147 cm³/mol. The number of amides is 1. The van der Waals surface area contributed by atoms with Gasteiger partial charge in [-0.05, 0) is 74.3 Å². The van der Waals surface area contributed by atoms with Gasteiger partial charge in [-0.1, -0.05) is 6.07 Å². The van der Waals surface area contributed by atoms with Crippen molar-refractivity contribution in [2.45, 2.75) is 44.1 Å². The number of hydrogen-bond donors (Lipinski definition) is 3. The molecule has 0 atom stereocenters. The van der Waals surface area contributed by atoms with Gasteiger partial charge in [0.1, 0.15) is 11.6 Å². The first-order chi connectivity index (χ1) is 18.5. The molecule has 1 amide bonds. The monoisotopic (exact) mass is 561 g/mol. The largest absolute Gasteiger partial charge is 0.395 e. The zero-order valence-corrected chi connectivity index (χ0v) is 22.6. The third-order valence-corrected chi connectivity index (χ3v) is 9.39. The predicted octanol–water partition coefficient (Wildman–Crippen LogP) is 4.20. The minimum atomic E-state index is -3.73. The number of benzene rings is 1. The summed E-state index contributed by atoms with van der Waals surface area (Å²) in [5.74, 6) is -0.103. The van der Waals surface area contributed by atoms with E-state index in [1.807, 2.05) is 0 Å². The second kappa shape index (κ2) is 10.4. The SMILES string of the molecule is CN(c1cccc(NC(=O)c2ccc(NS(=O)(=O)CCO)cc2N2CCC3(CC2)CC3)n1)C1(C=C(F)F)CC1. The van der Waals surface area contributed by atoms with Crippen LogP contribution < -0.4 is 19.8 Å². The van der Waals surface area contributed by atoms with Crippen LogP contribution in [0.1, 0.15) is 48.9 Å². The molecule has 39 heavy (non-hydrogen) atoms. The van der Waals surface area contributed by atoms with Crippen molar-refractivity contribution in [3.05, 3.63) is 54.1 Å². The molecule has 1 spiro atoms. The number of nitrogens with zero attached hydrogens (tertiary/aromatic N) is 3. The molecule has 0 unspecified atom stereocenters. The highest BCUT2D eigenvalue weighted by molar-refractivity contribution is 7.92. The van der Waals surface area contributed by atoms with E-state index in [1.54, 1.807) is 42.3 Å². The number of aliphatic hydroxyl groups is 1. The van der Waals surface area contributed by atoms with Crippen molar-refractivity contribution < 1.29 is 27.1 Å². The number of nitrogens with one attached hydrogen (secondary N) is 2. The molecular weight excluding hydrogens is 528 g/mol. The maximum atomic E-state index is 13.5. The number of pyridine rings is 1. The van der Waals surface area contributed by atoms with Gasteiger partial charge in [0, 0.05) is 26.2 Å². The average Bonchev–Trinajstić information content (AvgIpc) is 3.82. The summed E-state index contributed by atoms with van der Waals surface area (Å²) in [4.78, 5) is 21.8. The molecule has 2 aliphatic carbocycles. The second-order valence-corrected chi connectivity index (χ2v) is 12.6. The fraction of sp³-hybridized carbons (Fsp3) is 0.481. The van der Waals surface area contributed by atoms with Gasteiger partial charge in [-0.3, -0.25) is 9.52 Å². The maximum absolute atomic E-state index is 13.5. The van der Waals surface area contributed by atoms with Crippen molar-refractivity contribution in [1.82, 2.24) is 4.98 Å². The van der Waals surface area contributed by atoms with Crippen LogP contribution in [0.2, 0.25) is 0 Å². The van der Waals surface area contributed by atoms with Crippen LogP contribution >= 0.6 is 0 Å². The summed E-state index contributed by atoms with van der Waals surface area (Å²) in [5.41, 5.74) is 0.934. The third kappa shape index (κ3) is 6.17. The van der Waals surface area contributed by atoms with Crippen LogP contribution in [0.15, 0.2) is 48.6 Å². The number of carbonyl (C=O) groups is 1. The molecule has 12 heteroatoms. The van der Waals surface area contributed by atoms with E-state index in [0.717, 1.165) is 32.0 Å². The number of carbonyl (C=O) groups excluding carboxylic acids is 1. The van der Waals surface area contributed by atoms with E-state index < -0.39 is 39.9 Å². The first kappa shape index (κ1) is 27.3. The molecule has 3 fully saturated rings. The van der Waals surface area contributed by atoms with Crippen LogP contribution in [0.5, 0.6) is 0 Å². The van der Waals surface area contributed by atoms with E-state index in [9.17, 15) is 22.0 Å². The van der Waals surface area contributed by atoms with Crippen LogP contribution in [0.4, 0.5) is 31.8 Å². The highest BCUT2D eigenvalue weighted by atomic mass is 32.2. The van der Waals surface area contributed by atoms with Crippen LogP contribution in [0.3, 0.4) is 0 Å². The lowest BCUT2D eigenvalue weighted by Crippen LogP contribution is -2.36. The molecule has 1 saturated heterocycles. The number of rotatable bonds is 10. The van der Waals surface area contributed by atoms with Crippen molar-refractivity contribution in [1.29, 1.82) is 0 Å². The molecular formula is C27H33F2N5O4S. The topological polar surface area (TPSA) is 115 Å². The second-order valence-electron chi connectivity index (χ2n) is 10.8. The quantitative estimate of drug-likeness (QED) is 0.398. The number of anilines is 4. The highest BCUT2D eigenvalue weighted by Crippen LogP contribution is 2.54. The summed E-state index contributed by atoms with van der Waals surface area (Å²) in [6, 6.07) is 9.80. The molecule has 210 valence electrons. The Hall–Kier alpha value is -3.25. The van der Waals surface area contributed by atoms with Gasteiger partial charge in [-0.2, -0.15) is 8.78 Å². The fourth-order valence-electron chi connectivity index (χ4n) is 5.30. The number of hydrogen-bond acceptors (Lipinski definition) is 7. The van der Waals surface area contributed by atoms with Crippen molar-refractivity contribution in [2.24, 2.45) is 5.41 Å². The molecule has 2 heterocycles. The van der Waals surface area contributed by atoms with Gasteiger partial charge in [-0.25, -0.2) is 13.4 Å². The van der Waals surface area contributed by atoms with Gasteiger partial charge in [-0.15, -0.1) is 0 Å². The lowest BCUT2D eigenvalue weighted by molar-refractivity contribution is 0.102. The van der Waals surface area contributed by atoms with Gasteiger partial charge in [0.25, 0.3) is 12.0 Å². The minimum absolute atomic E-state index is 0.277. The van der Waals surface area contributed by atoms with E-state index >= 15 is 0 Å². The standard InChI is InChI=1S/C27H33F2N5O4S/c1-33(27(9-10-27)18-22(28)29)24-4-2-3-23(30-24)31-25(36)20-6-5-19(32-39(37,38)16-15-35)17-21(20)34-13-11-26(7-8-26)12-14-34/h2-6,17-18,32,35H,7-16H2,1H3,(H,30,31,36). The van der Waals surface area contributed by atoms with Crippen molar-refractivity contribution >= 4 is 38.9 Å². The number of sulfonamides is 1. The van der Waals surface area contributed by atoms with Gasteiger partial charge >= 0.3 is 0 Å². The molecule has 5 rings (SSSR count).